The van der Waals surface area contributed by atoms with Crippen molar-refractivity contribution < 1.29 is 4.79 Å². The second-order valence-corrected chi connectivity index (χ2v) is 5.16. The van der Waals surface area contributed by atoms with Crippen LogP contribution in [0.3, 0.4) is 0 Å². The normalized spacial score (nSPS) is 22.4. The zero-order chi connectivity index (χ0) is 12.3. The zero-order valence-electron chi connectivity index (χ0n) is 11.1. The highest BCUT2D eigenvalue weighted by Gasteiger charge is 2.25. The lowest BCUT2D eigenvalue weighted by atomic mass is 9.91. The molecule has 1 aliphatic heterocycles. The third-order valence-corrected chi connectivity index (χ3v) is 3.16. The van der Waals surface area contributed by atoms with E-state index in [0.717, 1.165) is 13.1 Å². The van der Waals surface area contributed by atoms with Gasteiger partial charge in [0.1, 0.15) is 0 Å². The van der Waals surface area contributed by atoms with Crippen LogP contribution in [-0.2, 0) is 4.79 Å². The standard InChI is InChI=1S/C13H24N2O/c1-9(2)12-6-7-15(10(3)4)8-13(12)14-11(5)16/h6,9-10,13H,7-8H2,1-5H3,(H,14,16). The van der Waals surface area contributed by atoms with E-state index in [2.05, 4.69) is 44.0 Å². The van der Waals surface area contributed by atoms with E-state index >= 15 is 0 Å². The molecule has 3 heteroatoms. The fourth-order valence-electron chi connectivity index (χ4n) is 2.21. The van der Waals surface area contributed by atoms with E-state index in [-0.39, 0.29) is 11.9 Å². The maximum Gasteiger partial charge on any atom is 0.217 e. The molecule has 0 aromatic heterocycles. The molecule has 0 spiro atoms. The third-order valence-electron chi connectivity index (χ3n) is 3.16. The Balaban J connectivity index is 2.78. The van der Waals surface area contributed by atoms with Crippen molar-refractivity contribution >= 4 is 5.91 Å². The zero-order valence-corrected chi connectivity index (χ0v) is 11.1. The smallest absolute Gasteiger partial charge is 0.217 e. The number of nitrogens with one attached hydrogen (secondary N) is 1. The summed E-state index contributed by atoms with van der Waals surface area (Å²) in [7, 11) is 0. The number of carbonyl (C=O) groups is 1. The lowest BCUT2D eigenvalue weighted by Gasteiger charge is -2.37. The minimum absolute atomic E-state index is 0.0576. The summed E-state index contributed by atoms with van der Waals surface area (Å²) in [4.78, 5) is 13.6. The molecule has 1 amide bonds. The first-order chi connectivity index (χ1) is 7.41. The Morgan fingerprint density at radius 1 is 1.44 bits per heavy atom. The van der Waals surface area contributed by atoms with Crippen LogP contribution in [0.2, 0.25) is 0 Å². The summed E-state index contributed by atoms with van der Waals surface area (Å²) in [6.07, 6.45) is 2.27. The molecule has 1 heterocycles. The summed E-state index contributed by atoms with van der Waals surface area (Å²) in [5.74, 6) is 0.563. The van der Waals surface area contributed by atoms with Gasteiger partial charge in [0.15, 0.2) is 0 Å². The molecule has 0 saturated heterocycles. The maximum absolute atomic E-state index is 11.2. The lowest BCUT2D eigenvalue weighted by Crippen LogP contribution is -2.50. The molecular weight excluding hydrogens is 200 g/mol. The lowest BCUT2D eigenvalue weighted by molar-refractivity contribution is -0.119. The molecule has 0 radical (unpaired) electrons. The largest absolute Gasteiger partial charge is 0.349 e. The first-order valence-electron chi connectivity index (χ1n) is 6.13. The molecule has 1 unspecified atom stereocenters. The van der Waals surface area contributed by atoms with Gasteiger partial charge in [-0.3, -0.25) is 9.69 Å². The minimum atomic E-state index is 0.0576. The van der Waals surface area contributed by atoms with Gasteiger partial charge in [-0.25, -0.2) is 0 Å². The van der Waals surface area contributed by atoms with Crippen LogP contribution in [0.4, 0.5) is 0 Å². The molecule has 1 aliphatic rings. The highest BCUT2D eigenvalue weighted by Crippen LogP contribution is 2.20. The number of hydrogen-bond donors (Lipinski definition) is 1. The van der Waals surface area contributed by atoms with Crippen LogP contribution in [0, 0.1) is 5.92 Å². The second kappa shape index (κ2) is 5.48. The number of nitrogens with zero attached hydrogens (tertiary/aromatic N) is 1. The molecule has 0 saturated carbocycles. The molecule has 1 rings (SSSR count). The Hall–Kier alpha value is -0.830. The highest BCUT2D eigenvalue weighted by atomic mass is 16.1. The predicted molar refractivity (Wildman–Crippen MR) is 67.2 cm³/mol. The Kier molecular flexibility index (Phi) is 4.54. The van der Waals surface area contributed by atoms with Crippen molar-refractivity contribution in [2.45, 2.75) is 46.7 Å². The summed E-state index contributed by atoms with van der Waals surface area (Å²) in [6, 6.07) is 0.717. The van der Waals surface area contributed by atoms with E-state index in [1.807, 2.05) is 0 Å². The van der Waals surface area contributed by atoms with E-state index in [4.69, 9.17) is 0 Å². The van der Waals surface area contributed by atoms with Crippen molar-refractivity contribution in [1.82, 2.24) is 10.2 Å². The van der Waals surface area contributed by atoms with E-state index in [9.17, 15) is 4.79 Å². The monoisotopic (exact) mass is 224 g/mol. The molecule has 16 heavy (non-hydrogen) atoms. The van der Waals surface area contributed by atoms with Gasteiger partial charge < -0.3 is 5.32 Å². The van der Waals surface area contributed by atoms with Gasteiger partial charge >= 0.3 is 0 Å². The number of amides is 1. The summed E-state index contributed by atoms with van der Waals surface area (Å²) < 4.78 is 0. The summed E-state index contributed by atoms with van der Waals surface area (Å²) >= 11 is 0. The van der Waals surface area contributed by atoms with E-state index in [0.29, 0.717) is 12.0 Å². The van der Waals surface area contributed by atoms with Crippen LogP contribution >= 0.6 is 0 Å². The van der Waals surface area contributed by atoms with Crippen LogP contribution in [0.25, 0.3) is 0 Å². The Morgan fingerprint density at radius 3 is 2.50 bits per heavy atom. The van der Waals surface area contributed by atoms with Crippen LogP contribution in [0.1, 0.15) is 34.6 Å². The molecule has 0 bridgehead atoms. The van der Waals surface area contributed by atoms with Crippen LogP contribution in [0.15, 0.2) is 11.6 Å². The average Bonchev–Trinajstić information content (AvgIpc) is 2.15. The van der Waals surface area contributed by atoms with Gasteiger partial charge in [-0.05, 0) is 25.3 Å². The van der Waals surface area contributed by atoms with Gasteiger partial charge in [0.05, 0.1) is 6.04 Å². The molecule has 92 valence electrons. The van der Waals surface area contributed by atoms with Crippen molar-refractivity contribution in [3.63, 3.8) is 0 Å². The predicted octanol–water partition coefficient (Wildman–Crippen LogP) is 1.80. The Labute approximate surface area is 98.9 Å². The van der Waals surface area contributed by atoms with Crippen LogP contribution in [0.5, 0.6) is 0 Å². The number of carbonyl (C=O) groups excluding carboxylic acids is 1. The molecular formula is C13H24N2O. The van der Waals surface area contributed by atoms with Gasteiger partial charge in [-0.1, -0.05) is 19.9 Å². The van der Waals surface area contributed by atoms with Crippen molar-refractivity contribution in [2.24, 2.45) is 5.92 Å². The quantitative estimate of drug-likeness (QED) is 0.741. The van der Waals surface area contributed by atoms with Crippen molar-refractivity contribution in [2.75, 3.05) is 13.1 Å². The first-order valence-corrected chi connectivity index (χ1v) is 6.13. The molecule has 1 atom stereocenters. The van der Waals surface area contributed by atoms with Gasteiger partial charge in [0.25, 0.3) is 0 Å². The van der Waals surface area contributed by atoms with Crippen molar-refractivity contribution in [1.29, 1.82) is 0 Å². The third kappa shape index (κ3) is 3.34. The molecule has 3 nitrogen and oxygen atoms in total. The Bertz CT molecular complexity index is 282. The maximum atomic E-state index is 11.2. The van der Waals surface area contributed by atoms with Crippen LogP contribution in [-0.4, -0.2) is 36.0 Å². The topological polar surface area (TPSA) is 32.3 Å². The molecule has 1 N–H and O–H groups in total. The Morgan fingerprint density at radius 2 is 2.06 bits per heavy atom. The number of rotatable bonds is 3. The van der Waals surface area contributed by atoms with E-state index < -0.39 is 0 Å². The molecule has 0 aliphatic carbocycles. The molecule has 0 aromatic rings. The van der Waals surface area contributed by atoms with Crippen molar-refractivity contribution in [3.05, 3.63) is 11.6 Å². The fraction of sp³-hybridized carbons (Fsp3) is 0.769. The molecule has 0 fully saturated rings. The summed E-state index contributed by atoms with van der Waals surface area (Å²) in [5, 5.41) is 3.05. The van der Waals surface area contributed by atoms with Gasteiger partial charge in [-0.15, -0.1) is 0 Å². The van der Waals surface area contributed by atoms with Gasteiger partial charge in [0, 0.05) is 26.1 Å². The van der Waals surface area contributed by atoms with Crippen LogP contribution < -0.4 is 5.32 Å². The van der Waals surface area contributed by atoms with E-state index in [1.165, 1.54) is 5.57 Å². The fourth-order valence-corrected chi connectivity index (χ4v) is 2.21. The van der Waals surface area contributed by atoms with E-state index in [1.54, 1.807) is 6.92 Å². The highest BCUT2D eigenvalue weighted by molar-refractivity contribution is 5.73. The summed E-state index contributed by atoms with van der Waals surface area (Å²) in [6.45, 7) is 12.3. The second-order valence-electron chi connectivity index (χ2n) is 5.16. The SMILES string of the molecule is CC(=O)NC1CN(C(C)C)CC=C1C(C)C. The average molecular weight is 224 g/mol. The molecule has 0 aromatic carbocycles. The van der Waals surface area contributed by atoms with Gasteiger partial charge in [0.2, 0.25) is 5.91 Å². The number of hydrogen-bond acceptors (Lipinski definition) is 2. The minimum Gasteiger partial charge on any atom is -0.349 e. The van der Waals surface area contributed by atoms with Gasteiger partial charge in [-0.2, -0.15) is 0 Å². The first kappa shape index (κ1) is 13.2. The summed E-state index contributed by atoms with van der Waals surface area (Å²) in [5.41, 5.74) is 1.37. The van der Waals surface area contributed by atoms with Crippen molar-refractivity contribution in [3.8, 4) is 0 Å².